The largest absolute Gasteiger partial charge is 0.469 e. The van der Waals surface area contributed by atoms with Crippen LogP contribution in [0.5, 0.6) is 0 Å². The molecule has 2 rings (SSSR count). The molecule has 1 aliphatic rings. The van der Waals surface area contributed by atoms with Gasteiger partial charge in [0.1, 0.15) is 5.25 Å². The van der Waals surface area contributed by atoms with Crippen molar-refractivity contribution in [2.24, 2.45) is 4.99 Å². The van der Waals surface area contributed by atoms with Crippen molar-refractivity contribution in [3.63, 3.8) is 0 Å². The normalized spacial score (nSPS) is 19.3. The molecule has 10 heteroatoms. The number of amides is 1. The Balaban J connectivity index is 2.20. The Morgan fingerprint density at radius 1 is 1.52 bits per heavy atom. The third-order valence-electron chi connectivity index (χ3n) is 3.02. The van der Waals surface area contributed by atoms with Crippen molar-refractivity contribution in [2.45, 2.75) is 18.6 Å². The zero-order chi connectivity index (χ0) is 17.0. The molecular formula is C13H16N4O5S. The van der Waals surface area contributed by atoms with Gasteiger partial charge in [-0.2, -0.15) is 0 Å². The second-order valence-electron chi connectivity index (χ2n) is 4.50. The summed E-state index contributed by atoms with van der Waals surface area (Å²) in [5.41, 5.74) is 0.109. The zero-order valence-electron chi connectivity index (χ0n) is 12.9. The molecule has 1 aliphatic heterocycles. The highest BCUT2D eigenvalue weighted by Crippen LogP contribution is 2.30. The van der Waals surface area contributed by atoms with Crippen LogP contribution in [0.25, 0.3) is 0 Å². The van der Waals surface area contributed by atoms with Gasteiger partial charge in [-0.05, 0) is 6.92 Å². The molecule has 1 amide bonds. The van der Waals surface area contributed by atoms with Crippen LogP contribution in [0.1, 0.15) is 23.8 Å². The summed E-state index contributed by atoms with van der Waals surface area (Å²) in [7, 11) is 2.81. The molecule has 9 nitrogen and oxygen atoms in total. The molecule has 0 radical (unpaired) electrons. The van der Waals surface area contributed by atoms with E-state index in [9.17, 15) is 14.4 Å². The number of carbonyl (C=O) groups is 3. The lowest BCUT2D eigenvalue weighted by atomic mass is 10.3. The molecule has 0 spiro atoms. The first kappa shape index (κ1) is 17.0. The lowest BCUT2D eigenvalue weighted by Crippen LogP contribution is -2.29. The maximum absolute atomic E-state index is 12.1. The van der Waals surface area contributed by atoms with Crippen molar-refractivity contribution in [3.05, 3.63) is 12.0 Å². The van der Waals surface area contributed by atoms with Gasteiger partial charge in [0, 0.05) is 7.05 Å². The summed E-state index contributed by atoms with van der Waals surface area (Å²) in [5, 5.41) is -0.252. The monoisotopic (exact) mass is 340 g/mol. The second-order valence-corrected chi connectivity index (χ2v) is 5.67. The van der Waals surface area contributed by atoms with Crippen molar-refractivity contribution in [1.29, 1.82) is 0 Å². The average molecular weight is 340 g/mol. The minimum absolute atomic E-state index is 0.0470. The molecule has 1 fully saturated rings. The number of thioether (sulfide) groups is 1. The maximum Gasteiger partial charge on any atom is 0.358 e. The molecule has 23 heavy (non-hydrogen) atoms. The number of aliphatic imine (C=N–C) groups is 1. The molecule has 1 aromatic heterocycles. The van der Waals surface area contributed by atoms with E-state index in [0.29, 0.717) is 5.17 Å². The minimum Gasteiger partial charge on any atom is -0.469 e. The summed E-state index contributed by atoms with van der Waals surface area (Å²) < 4.78 is 9.47. The summed E-state index contributed by atoms with van der Waals surface area (Å²) in [6, 6.07) is 0. The van der Waals surface area contributed by atoms with E-state index in [1.807, 2.05) is 0 Å². The molecule has 2 heterocycles. The Hall–Kier alpha value is -2.36. The van der Waals surface area contributed by atoms with E-state index >= 15 is 0 Å². The van der Waals surface area contributed by atoms with E-state index < -0.39 is 17.2 Å². The molecule has 1 N–H and O–H groups in total. The molecule has 124 valence electrons. The van der Waals surface area contributed by atoms with Crippen LogP contribution in [0.2, 0.25) is 0 Å². The number of rotatable bonds is 5. The summed E-state index contributed by atoms with van der Waals surface area (Å²) >= 11 is 1.12. The number of aromatic nitrogens is 2. The van der Waals surface area contributed by atoms with Gasteiger partial charge >= 0.3 is 11.9 Å². The molecule has 0 aromatic carbocycles. The number of nitrogens with one attached hydrogen (secondary N) is 1. The van der Waals surface area contributed by atoms with Gasteiger partial charge in [-0.3, -0.25) is 14.5 Å². The molecule has 0 saturated carbocycles. The molecular weight excluding hydrogens is 324 g/mol. The Labute approximate surface area is 136 Å². The molecule has 0 aliphatic carbocycles. The Morgan fingerprint density at radius 2 is 2.26 bits per heavy atom. The topological polar surface area (TPSA) is 114 Å². The quantitative estimate of drug-likeness (QED) is 0.785. The van der Waals surface area contributed by atoms with Crippen LogP contribution in [0, 0.1) is 0 Å². The summed E-state index contributed by atoms with van der Waals surface area (Å²) in [6.07, 6.45) is 1.27. The van der Waals surface area contributed by atoms with Gasteiger partial charge in [-0.1, -0.05) is 11.8 Å². The van der Waals surface area contributed by atoms with Crippen LogP contribution in [-0.4, -0.2) is 63.9 Å². The van der Waals surface area contributed by atoms with Crippen LogP contribution in [0.3, 0.4) is 0 Å². The number of nitrogens with zero attached hydrogens (tertiary/aromatic N) is 3. The van der Waals surface area contributed by atoms with Crippen molar-refractivity contribution >= 4 is 40.6 Å². The highest BCUT2D eigenvalue weighted by Gasteiger charge is 2.37. The van der Waals surface area contributed by atoms with Gasteiger partial charge in [-0.15, -0.1) is 0 Å². The number of amidine groups is 1. The number of hydrogen-bond acceptors (Lipinski definition) is 8. The standard InChI is InChI=1S/C13H16N4O5S/c1-4-22-12(20)9-10(15-6-14-9)16-13-17(2)11(19)7(23-13)5-8(18)21-3/h6-7H,4-5H2,1-3H3,(H,14,15)/b16-13-. The zero-order valence-corrected chi connectivity index (χ0v) is 13.7. The number of carbonyl (C=O) groups excluding carboxylic acids is 3. The van der Waals surface area contributed by atoms with Crippen LogP contribution >= 0.6 is 11.8 Å². The SMILES string of the molecule is CCOC(=O)c1[nH]cnc1/N=C1\SC(CC(=O)OC)C(=O)N1C. The Bertz CT molecular complexity index is 657. The first-order valence-corrected chi connectivity index (χ1v) is 7.66. The van der Waals surface area contributed by atoms with E-state index in [2.05, 4.69) is 19.7 Å². The Morgan fingerprint density at radius 3 is 2.91 bits per heavy atom. The highest BCUT2D eigenvalue weighted by atomic mass is 32.2. The van der Waals surface area contributed by atoms with Gasteiger partial charge in [0.05, 0.1) is 26.5 Å². The maximum atomic E-state index is 12.1. The molecule has 0 bridgehead atoms. The van der Waals surface area contributed by atoms with E-state index in [0.717, 1.165) is 11.8 Å². The van der Waals surface area contributed by atoms with E-state index in [1.54, 1.807) is 14.0 Å². The van der Waals surface area contributed by atoms with Crippen LogP contribution in [-0.2, 0) is 19.1 Å². The Kier molecular flexibility index (Phi) is 5.37. The molecule has 1 atom stereocenters. The van der Waals surface area contributed by atoms with E-state index in [4.69, 9.17) is 4.74 Å². The van der Waals surface area contributed by atoms with Crippen LogP contribution in [0.15, 0.2) is 11.3 Å². The number of imidazole rings is 1. The first-order valence-electron chi connectivity index (χ1n) is 6.78. The molecule has 1 unspecified atom stereocenters. The number of H-pyrrole nitrogens is 1. The van der Waals surface area contributed by atoms with E-state index in [-0.39, 0.29) is 30.4 Å². The lowest BCUT2D eigenvalue weighted by Gasteiger charge is -2.08. The van der Waals surface area contributed by atoms with Crippen molar-refractivity contribution in [1.82, 2.24) is 14.9 Å². The van der Waals surface area contributed by atoms with Gasteiger partial charge in [0.2, 0.25) is 5.91 Å². The van der Waals surface area contributed by atoms with Crippen molar-refractivity contribution < 1.29 is 23.9 Å². The number of hydrogen-bond donors (Lipinski definition) is 1. The van der Waals surface area contributed by atoms with E-state index in [1.165, 1.54) is 18.3 Å². The number of aromatic amines is 1. The predicted octanol–water partition coefficient (Wildman–Crippen LogP) is 0.711. The van der Waals surface area contributed by atoms with Gasteiger partial charge in [-0.25, -0.2) is 14.8 Å². The number of ether oxygens (including phenoxy) is 2. The van der Waals surface area contributed by atoms with Gasteiger partial charge in [0.15, 0.2) is 16.7 Å². The van der Waals surface area contributed by atoms with Crippen LogP contribution in [0.4, 0.5) is 5.82 Å². The van der Waals surface area contributed by atoms with Gasteiger partial charge < -0.3 is 14.5 Å². The molecule has 1 aromatic rings. The van der Waals surface area contributed by atoms with Crippen molar-refractivity contribution in [2.75, 3.05) is 20.8 Å². The fraction of sp³-hybridized carbons (Fsp3) is 0.462. The van der Waals surface area contributed by atoms with Crippen molar-refractivity contribution in [3.8, 4) is 0 Å². The second kappa shape index (κ2) is 7.27. The molecule has 1 saturated heterocycles. The summed E-state index contributed by atoms with van der Waals surface area (Å²) in [4.78, 5) is 47.4. The fourth-order valence-electron chi connectivity index (χ4n) is 1.85. The summed E-state index contributed by atoms with van der Waals surface area (Å²) in [6.45, 7) is 1.92. The van der Waals surface area contributed by atoms with Gasteiger partial charge in [0.25, 0.3) is 0 Å². The third-order valence-corrected chi connectivity index (χ3v) is 4.25. The van der Waals surface area contributed by atoms with Crippen LogP contribution < -0.4 is 0 Å². The average Bonchev–Trinajstić information content (AvgIpc) is 3.09. The highest BCUT2D eigenvalue weighted by molar-refractivity contribution is 8.15. The smallest absolute Gasteiger partial charge is 0.358 e. The minimum atomic E-state index is -0.601. The summed E-state index contributed by atoms with van der Waals surface area (Å²) in [5.74, 6) is -1.18. The lowest BCUT2D eigenvalue weighted by molar-refractivity contribution is -0.142. The number of methoxy groups -OCH3 is 1. The fourth-order valence-corrected chi connectivity index (χ4v) is 2.97. The third kappa shape index (κ3) is 3.70. The first-order chi connectivity index (χ1) is 11.0. The number of esters is 2. The predicted molar refractivity (Wildman–Crippen MR) is 82.4 cm³/mol.